The van der Waals surface area contributed by atoms with Crippen LogP contribution >= 0.6 is 34.8 Å². The number of aliphatic hydroxyl groups excluding tert-OH is 1. The molecule has 0 heterocycles. The first-order chi connectivity index (χ1) is 6.98. The molecule has 15 heavy (non-hydrogen) atoms. The molecule has 1 N–H and O–H groups in total. The first-order valence-electron chi connectivity index (χ1n) is 5.73. The first-order valence-corrected chi connectivity index (χ1v) is 6.86. The molecular formula is C11H21Cl3O. The van der Waals surface area contributed by atoms with E-state index in [-0.39, 0.29) is 0 Å². The van der Waals surface area contributed by atoms with Gasteiger partial charge in [-0.25, -0.2) is 0 Å². The second kappa shape index (κ2) is 8.92. The zero-order valence-electron chi connectivity index (χ0n) is 9.32. The van der Waals surface area contributed by atoms with Crippen molar-refractivity contribution in [2.75, 3.05) is 0 Å². The lowest BCUT2D eigenvalue weighted by molar-refractivity contribution is 0.164. The molecule has 0 fully saturated rings. The summed E-state index contributed by atoms with van der Waals surface area (Å²) in [4.78, 5) is 0. The number of rotatable bonds is 8. The highest BCUT2D eigenvalue weighted by Gasteiger charge is 2.29. The molecule has 0 saturated heterocycles. The van der Waals surface area contributed by atoms with Gasteiger partial charge in [0.05, 0.1) is 0 Å². The minimum Gasteiger partial charge on any atom is -0.389 e. The van der Waals surface area contributed by atoms with Gasteiger partial charge in [-0.2, -0.15) is 0 Å². The maximum Gasteiger partial charge on any atom is 0.216 e. The van der Waals surface area contributed by atoms with Gasteiger partial charge >= 0.3 is 0 Å². The molecule has 0 aromatic heterocycles. The molecule has 1 unspecified atom stereocenters. The summed E-state index contributed by atoms with van der Waals surface area (Å²) in [6.07, 6.45) is 8.17. The molecule has 0 spiro atoms. The summed E-state index contributed by atoms with van der Waals surface area (Å²) in [6.45, 7) is 2.21. The highest BCUT2D eigenvalue weighted by atomic mass is 35.6. The zero-order chi connectivity index (χ0) is 11.7. The Labute approximate surface area is 108 Å². The van der Waals surface area contributed by atoms with E-state index in [1.54, 1.807) is 0 Å². The van der Waals surface area contributed by atoms with Crippen LogP contribution in [0.2, 0.25) is 0 Å². The van der Waals surface area contributed by atoms with Crippen molar-refractivity contribution in [3.63, 3.8) is 0 Å². The Kier molecular flexibility index (Phi) is 9.42. The number of aliphatic hydroxyl groups is 1. The van der Waals surface area contributed by atoms with Crippen molar-refractivity contribution in [2.24, 2.45) is 0 Å². The standard InChI is InChI=1S/C11H21Cl3O/c1-2-3-4-5-6-7-8-9-10(15)11(12,13)14/h10,15H,2-9H2,1H3. The van der Waals surface area contributed by atoms with Crippen LogP contribution in [0.25, 0.3) is 0 Å². The Balaban J connectivity index is 3.24. The lowest BCUT2D eigenvalue weighted by Gasteiger charge is -2.18. The molecular weight excluding hydrogens is 254 g/mol. The molecule has 0 bridgehead atoms. The van der Waals surface area contributed by atoms with Crippen LogP contribution < -0.4 is 0 Å². The summed E-state index contributed by atoms with van der Waals surface area (Å²) >= 11 is 16.6. The number of hydrogen-bond acceptors (Lipinski definition) is 1. The van der Waals surface area contributed by atoms with Gasteiger partial charge < -0.3 is 5.11 Å². The molecule has 1 nitrogen and oxygen atoms in total. The van der Waals surface area contributed by atoms with Gasteiger partial charge in [-0.1, -0.05) is 86.7 Å². The van der Waals surface area contributed by atoms with Gasteiger partial charge in [0.25, 0.3) is 0 Å². The van der Waals surface area contributed by atoms with Crippen molar-refractivity contribution in [1.82, 2.24) is 0 Å². The van der Waals surface area contributed by atoms with E-state index in [0.717, 1.165) is 12.8 Å². The van der Waals surface area contributed by atoms with Crippen molar-refractivity contribution in [1.29, 1.82) is 0 Å². The van der Waals surface area contributed by atoms with Crippen LogP contribution in [0.15, 0.2) is 0 Å². The van der Waals surface area contributed by atoms with E-state index in [0.29, 0.717) is 6.42 Å². The molecule has 0 aliphatic rings. The van der Waals surface area contributed by atoms with E-state index in [9.17, 15) is 5.11 Å². The van der Waals surface area contributed by atoms with Crippen LogP contribution in [0.3, 0.4) is 0 Å². The molecule has 0 aromatic carbocycles. The Morgan fingerprint density at radius 1 is 0.933 bits per heavy atom. The Morgan fingerprint density at radius 2 is 1.40 bits per heavy atom. The summed E-state index contributed by atoms with van der Waals surface area (Å²) in [5.74, 6) is 0. The largest absolute Gasteiger partial charge is 0.389 e. The summed E-state index contributed by atoms with van der Waals surface area (Å²) in [7, 11) is 0. The third-order valence-electron chi connectivity index (χ3n) is 2.46. The predicted octanol–water partition coefficient (Wildman–Crippen LogP) is 4.86. The molecule has 0 aliphatic heterocycles. The van der Waals surface area contributed by atoms with Gasteiger partial charge in [0.15, 0.2) is 0 Å². The number of halogens is 3. The van der Waals surface area contributed by atoms with Gasteiger partial charge in [0, 0.05) is 0 Å². The Morgan fingerprint density at radius 3 is 1.87 bits per heavy atom. The lowest BCUT2D eigenvalue weighted by Crippen LogP contribution is -2.24. The van der Waals surface area contributed by atoms with Crippen LogP contribution in [-0.2, 0) is 0 Å². The molecule has 4 heteroatoms. The first kappa shape index (κ1) is 15.8. The van der Waals surface area contributed by atoms with Crippen LogP contribution in [0, 0.1) is 0 Å². The average Bonchev–Trinajstić information content (AvgIpc) is 2.14. The predicted molar refractivity (Wildman–Crippen MR) is 68.9 cm³/mol. The SMILES string of the molecule is CCCCCCCCCC(O)C(Cl)(Cl)Cl. The second-order valence-electron chi connectivity index (χ2n) is 3.97. The highest BCUT2D eigenvalue weighted by molar-refractivity contribution is 6.68. The van der Waals surface area contributed by atoms with Gasteiger partial charge in [0.2, 0.25) is 3.79 Å². The van der Waals surface area contributed by atoms with Crippen molar-refractivity contribution >= 4 is 34.8 Å². The molecule has 0 saturated carbocycles. The minimum absolute atomic E-state index is 0.574. The van der Waals surface area contributed by atoms with Crippen molar-refractivity contribution in [3.8, 4) is 0 Å². The van der Waals surface area contributed by atoms with Crippen molar-refractivity contribution in [2.45, 2.75) is 68.2 Å². The van der Waals surface area contributed by atoms with E-state index in [1.807, 2.05) is 0 Å². The van der Waals surface area contributed by atoms with Crippen molar-refractivity contribution in [3.05, 3.63) is 0 Å². The maximum atomic E-state index is 9.43. The molecule has 0 amide bonds. The van der Waals surface area contributed by atoms with E-state index >= 15 is 0 Å². The monoisotopic (exact) mass is 274 g/mol. The zero-order valence-corrected chi connectivity index (χ0v) is 11.6. The molecule has 0 aromatic rings. The fourth-order valence-electron chi connectivity index (χ4n) is 1.46. The summed E-state index contributed by atoms with van der Waals surface area (Å²) < 4.78 is -1.53. The average molecular weight is 276 g/mol. The molecule has 0 radical (unpaired) electrons. The molecule has 92 valence electrons. The quantitative estimate of drug-likeness (QED) is 0.495. The van der Waals surface area contributed by atoms with Crippen LogP contribution in [0.4, 0.5) is 0 Å². The molecule has 0 aliphatic carbocycles. The molecule has 1 atom stereocenters. The topological polar surface area (TPSA) is 20.2 Å². The van der Waals surface area contributed by atoms with Crippen LogP contribution in [0.1, 0.15) is 58.3 Å². The summed E-state index contributed by atoms with van der Waals surface area (Å²) in [5, 5.41) is 9.43. The van der Waals surface area contributed by atoms with Gasteiger partial charge in [-0.15, -0.1) is 0 Å². The maximum absolute atomic E-state index is 9.43. The van der Waals surface area contributed by atoms with E-state index in [1.165, 1.54) is 32.1 Å². The van der Waals surface area contributed by atoms with E-state index < -0.39 is 9.90 Å². The fraction of sp³-hybridized carbons (Fsp3) is 1.00. The van der Waals surface area contributed by atoms with Crippen molar-refractivity contribution < 1.29 is 5.11 Å². The van der Waals surface area contributed by atoms with Crippen LogP contribution in [-0.4, -0.2) is 15.0 Å². The van der Waals surface area contributed by atoms with Gasteiger partial charge in [0.1, 0.15) is 6.10 Å². The third-order valence-corrected chi connectivity index (χ3v) is 3.21. The molecule has 0 rings (SSSR count). The number of alkyl halides is 3. The summed E-state index contributed by atoms with van der Waals surface area (Å²) in [5.41, 5.74) is 0. The van der Waals surface area contributed by atoms with Gasteiger partial charge in [-0.3, -0.25) is 0 Å². The smallest absolute Gasteiger partial charge is 0.216 e. The Hall–Kier alpha value is 0.830. The van der Waals surface area contributed by atoms with Gasteiger partial charge in [-0.05, 0) is 6.42 Å². The number of unbranched alkanes of at least 4 members (excludes halogenated alkanes) is 6. The normalized spacial score (nSPS) is 14.2. The highest BCUT2D eigenvalue weighted by Crippen LogP contribution is 2.32. The number of hydrogen-bond donors (Lipinski definition) is 1. The summed E-state index contributed by atoms with van der Waals surface area (Å²) in [6, 6.07) is 0. The third kappa shape index (κ3) is 9.74. The second-order valence-corrected chi connectivity index (χ2v) is 6.34. The fourth-order valence-corrected chi connectivity index (χ4v) is 1.79. The van der Waals surface area contributed by atoms with E-state index in [4.69, 9.17) is 34.8 Å². The lowest BCUT2D eigenvalue weighted by atomic mass is 10.1. The minimum atomic E-state index is -1.53. The van der Waals surface area contributed by atoms with E-state index in [2.05, 4.69) is 6.92 Å². The van der Waals surface area contributed by atoms with Crippen LogP contribution in [0.5, 0.6) is 0 Å². The Bertz CT molecular complexity index is 145.